The van der Waals surface area contributed by atoms with Crippen LogP contribution in [0.25, 0.3) is 45.2 Å². The van der Waals surface area contributed by atoms with Gasteiger partial charge in [-0.1, -0.05) is 64.5 Å². The number of benzene rings is 2. The first-order chi connectivity index (χ1) is 21.1. The van der Waals surface area contributed by atoms with Gasteiger partial charge in [0.05, 0.1) is 24.6 Å². The Hall–Kier alpha value is -4.32. The lowest BCUT2D eigenvalue weighted by atomic mass is 10.0. The molecule has 3 aromatic heterocycles. The number of hydrogen-bond donors (Lipinski definition) is 4. The van der Waals surface area contributed by atoms with Gasteiger partial charge in [0.2, 0.25) is 0 Å². The van der Waals surface area contributed by atoms with Crippen LogP contribution in [0, 0.1) is 6.92 Å². The van der Waals surface area contributed by atoms with Crippen LogP contribution in [0.1, 0.15) is 70.9 Å². The van der Waals surface area contributed by atoms with E-state index < -0.39 is 0 Å². The highest BCUT2D eigenvalue weighted by Crippen LogP contribution is 2.42. The normalized spacial score (nSPS) is 11.2. The monoisotopic (exact) mass is 578 g/mol. The van der Waals surface area contributed by atoms with Crippen molar-refractivity contribution < 1.29 is 9.47 Å². The summed E-state index contributed by atoms with van der Waals surface area (Å²) in [4.78, 5) is 10.7. The smallest absolute Gasteiger partial charge is 0.129 e. The van der Waals surface area contributed by atoms with Gasteiger partial charge in [-0.3, -0.25) is 0 Å². The third-order valence-electron chi connectivity index (χ3n) is 7.89. The molecule has 2 aromatic carbocycles. The minimum Gasteiger partial charge on any atom is -0.493 e. The van der Waals surface area contributed by atoms with Crippen LogP contribution < -0.4 is 15.2 Å². The molecule has 6 nitrogen and oxygen atoms in total. The number of nitrogen functional groups attached to an aromatic ring is 1. The van der Waals surface area contributed by atoms with E-state index in [-0.39, 0.29) is 0 Å². The van der Waals surface area contributed by atoms with Crippen molar-refractivity contribution in [2.75, 3.05) is 18.9 Å². The first kappa shape index (κ1) is 30.1. The maximum atomic E-state index is 6.53. The molecule has 0 atom stereocenters. The second-order valence-electron chi connectivity index (χ2n) is 11.4. The average Bonchev–Trinajstić information content (AvgIpc) is 3.79. The highest BCUT2D eigenvalue weighted by molar-refractivity contribution is 5.81. The zero-order chi connectivity index (χ0) is 30.0. The summed E-state index contributed by atoms with van der Waals surface area (Å²) in [6, 6.07) is 24.9. The molecule has 5 rings (SSSR count). The number of nitrogens with two attached hydrogens (primary N) is 1. The maximum absolute atomic E-state index is 6.53. The van der Waals surface area contributed by atoms with Crippen molar-refractivity contribution in [2.45, 2.75) is 72.1 Å². The van der Waals surface area contributed by atoms with E-state index in [9.17, 15) is 0 Å². The van der Waals surface area contributed by atoms with Gasteiger partial charge in [-0.05, 0) is 86.0 Å². The molecule has 0 amide bonds. The lowest BCUT2D eigenvalue weighted by Gasteiger charge is -2.17. The van der Waals surface area contributed by atoms with Gasteiger partial charge in [0.15, 0.2) is 0 Å². The highest BCUT2D eigenvalue weighted by Gasteiger charge is 2.19. The van der Waals surface area contributed by atoms with Gasteiger partial charge < -0.3 is 30.2 Å². The predicted molar refractivity (Wildman–Crippen MR) is 180 cm³/mol. The number of H-pyrrole nitrogens is 3. The van der Waals surface area contributed by atoms with Crippen molar-refractivity contribution in [3.05, 3.63) is 78.5 Å². The van der Waals surface area contributed by atoms with Crippen molar-refractivity contribution in [2.24, 2.45) is 0 Å². The zero-order valence-corrected chi connectivity index (χ0v) is 25.9. The van der Waals surface area contributed by atoms with Crippen LogP contribution in [0.5, 0.6) is 11.5 Å². The van der Waals surface area contributed by atoms with Gasteiger partial charge in [0, 0.05) is 39.6 Å². The average molecular weight is 579 g/mol. The summed E-state index contributed by atoms with van der Waals surface area (Å²) in [5.74, 6) is 1.70. The molecule has 3 heterocycles. The Labute approximate surface area is 256 Å². The topological polar surface area (TPSA) is 91.8 Å². The quantitative estimate of drug-likeness (QED) is 0.0693. The van der Waals surface area contributed by atoms with E-state index in [1.54, 1.807) is 0 Å². The molecule has 0 saturated carbocycles. The number of ether oxygens (including phenoxy) is 2. The number of anilines is 1. The molecule has 5 N–H and O–H groups in total. The lowest BCUT2D eigenvalue weighted by Crippen LogP contribution is -2.03. The number of rotatable bonds is 16. The van der Waals surface area contributed by atoms with E-state index in [1.807, 2.05) is 24.3 Å². The van der Waals surface area contributed by atoms with E-state index >= 15 is 0 Å². The molecular weight excluding hydrogens is 532 g/mol. The van der Waals surface area contributed by atoms with Gasteiger partial charge in [-0.15, -0.1) is 0 Å². The van der Waals surface area contributed by atoms with Gasteiger partial charge in [0.1, 0.15) is 11.5 Å². The number of aromatic amines is 3. The van der Waals surface area contributed by atoms with Gasteiger partial charge in [-0.2, -0.15) is 0 Å². The molecule has 5 aromatic rings. The van der Waals surface area contributed by atoms with Crippen LogP contribution in [0.15, 0.2) is 72.8 Å². The molecule has 0 saturated heterocycles. The molecule has 43 heavy (non-hydrogen) atoms. The molecule has 0 radical (unpaired) electrons. The SMILES string of the molecule is CCCCCCOc1cc(-c2ccc(-c3ccc(C)[nH]3)[nH]2)c(OCCCCCC)cc1-c1ccc(-c2ccc(N)cc2)[nH]1. The van der Waals surface area contributed by atoms with Crippen LogP contribution in [0.2, 0.25) is 0 Å². The van der Waals surface area contributed by atoms with E-state index in [0.29, 0.717) is 13.2 Å². The van der Waals surface area contributed by atoms with Gasteiger partial charge >= 0.3 is 0 Å². The molecule has 0 unspecified atom stereocenters. The Morgan fingerprint density at radius 1 is 0.535 bits per heavy atom. The van der Waals surface area contributed by atoms with Crippen molar-refractivity contribution in [1.82, 2.24) is 15.0 Å². The fourth-order valence-corrected chi connectivity index (χ4v) is 5.40. The summed E-state index contributed by atoms with van der Waals surface area (Å²) < 4.78 is 13.1. The third-order valence-corrected chi connectivity index (χ3v) is 7.89. The van der Waals surface area contributed by atoms with Crippen LogP contribution >= 0.6 is 0 Å². The Morgan fingerprint density at radius 3 is 1.56 bits per heavy atom. The van der Waals surface area contributed by atoms with Gasteiger partial charge in [-0.25, -0.2) is 0 Å². The molecule has 0 bridgehead atoms. The van der Waals surface area contributed by atoms with Crippen LogP contribution in [0.4, 0.5) is 5.69 Å². The number of nitrogens with one attached hydrogen (secondary N) is 3. The van der Waals surface area contributed by atoms with E-state index in [1.165, 1.54) is 25.7 Å². The van der Waals surface area contributed by atoms with E-state index in [4.69, 9.17) is 15.2 Å². The molecule has 0 aliphatic rings. The van der Waals surface area contributed by atoms with Crippen LogP contribution in [0.3, 0.4) is 0 Å². The number of unbranched alkanes of at least 4 members (excludes halogenated alkanes) is 6. The third kappa shape index (κ3) is 7.75. The predicted octanol–water partition coefficient (Wildman–Crippen LogP) is 10.1. The Balaban J connectivity index is 1.52. The van der Waals surface area contributed by atoms with Crippen LogP contribution in [-0.4, -0.2) is 28.2 Å². The summed E-state index contributed by atoms with van der Waals surface area (Å²) in [5.41, 5.74) is 16.0. The van der Waals surface area contributed by atoms with E-state index in [0.717, 1.165) is 93.7 Å². The second-order valence-corrected chi connectivity index (χ2v) is 11.4. The molecule has 0 spiro atoms. The lowest BCUT2D eigenvalue weighted by molar-refractivity contribution is 0.299. The Morgan fingerprint density at radius 2 is 1.02 bits per heavy atom. The van der Waals surface area contributed by atoms with Crippen molar-refractivity contribution in [3.8, 4) is 56.7 Å². The standard InChI is InChI=1S/C37H46N4O2/c1-4-6-8-10-22-42-36-25-30(33-20-21-35(41-33)34-17-12-26(3)39-34)37(43-23-11-9-7-5-2)24-29(36)32-19-18-31(40-32)27-13-15-28(38)16-14-27/h12-21,24-25,39-41H,4-11,22-23,38H2,1-3H3. The molecule has 0 aliphatic carbocycles. The summed E-state index contributed by atoms with van der Waals surface area (Å²) in [5, 5.41) is 0. The molecule has 0 fully saturated rings. The Kier molecular flexibility index (Phi) is 10.3. The van der Waals surface area contributed by atoms with Crippen molar-refractivity contribution in [3.63, 3.8) is 0 Å². The number of hydrogen-bond acceptors (Lipinski definition) is 3. The molecule has 0 aliphatic heterocycles. The highest BCUT2D eigenvalue weighted by atomic mass is 16.5. The molecular formula is C37H46N4O2. The fraction of sp³-hybridized carbons (Fsp3) is 0.351. The maximum Gasteiger partial charge on any atom is 0.129 e. The second kappa shape index (κ2) is 14.7. The largest absolute Gasteiger partial charge is 0.493 e. The van der Waals surface area contributed by atoms with Gasteiger partial charge in [0.25, 0.3) is 0 Å². The number of aryl methyl sites for hydroxylation is 1. The first-order valence-electron chi connectivity index (χ1n) is 15.9. The van der Waals surface area contributed by atoms with E-state index in [2.05, 4.69) is 84.3 Å². The van der Waals surface area contributed by atoms with Crippen LogP contribution in [-0.2, 0) is 0 Å². The zero-order valence-electron chi connectivity index (χ0n) is 25.9. The minimum atomic E-state index is 0.674. The number of aromatic nitrogens is 3. The van der Waals surface area contributed by atoms with Crippen molar-refractivity contribution >= 4 is 5.69 Å². The summed E-state index contributed by atoms with van der Waals surface area (Å²) in [6.45, 7) is 7.88. The molecule has 226 valence electrons. The summed E-state index contributed by atoms with van der Waals surface area (Å²) in [6.07, 6.45) is 9.22. The fourth-order valence-electron chi connectivity index (χ4n) is 5.40. The molecule has 6 heteroatoms. The first-order valence-corrected chi connectivity index (χ1v) is 15.9. The minimum absolute atomic E-state index is 0.674. The summed E-state index contributed by atoms with van der Waals surface area (Å²) in [7, 11) is 0. The van der Waals surface area contributed by atoms with Crippen molar-refractivity contribution in [1.29, 1.82) is 0 Å². The Bertz CT molecular complexity index is 1570. The summed E-state index contributed by atoms with van der Waals surface area (Å²) >= 11 is 0.